The molecule has 3 aromatic rings. The lowest BCUT2D eigenvalue weighted by Crippen LogP contribution is -2.20. The van der Waals surface area contributed by atoms with E-state index in [1.807, 2.05) is 29.1 Å². The summed E-state index contributed by atoms with van der Waals surface area (Å²) in [4.78, 5) is 11.2. The van der Waals surface area contributed by atoms with Crippen LogP contribution in [0.25, 0.3) is 16.7 Å². The number of nitrogens with zero attached hydrogens (tertiary/aromatic N) is 5. The van der Waals surface area contributed by atoms with Crippen molar-refractivity contribution < 1.29 is 0 Å². The van der Waals surface area contributed by atoms with Gasteiger partial charge < -0.3 is 4.90 Å². The summed E-state index contributed by atoms with van der Waals surface area (Å²) in [6.07, 6.45) is 4.25. The van der Waals surface area contributed by atoms with Gasteiger partial charge in [0.15, 0.2) is 5.65 Å². The van der Waals surface area contributed by atoms with E-state index in [2.05, 4.69) is 33.0 Å². The fraction of sp³-hybridized carbons (Fsp3) is 0.312. The van der Waals surface area contributed by atoms with Crippen molar-refractivity contribution in [2.45, 2.75) is 19.8 Å². The Balaban J connectivity index is 1.83. The highest BCUT2D eigenvalue weighted by Gasteiger charge is 2.18. The number of aromatic nitrogens is 4. The van der Waals surface area contributed by atoms with Crippen LogP contribution in [0.1, 0.15) is 18.4 Å². The quantitative estimate of drug-likeness (QED) is 0.680. The third-order valence-electron chi connectivity index (χ3n) is 4.07. The Morgan fingerprint density at radius 3 is 2.64 bits per heavy atom. The molecule has 0 spiro atoms. The van der Waals surface area contributed by atoms with Crippen molar-refractivity contribution in [2.24, 2.45) is 0 Å². The molecule has 1 fully saturated rings. The minimum Gasteiger partial charge on any atom is -0.341 e. The number of hydrogen-bond acceptors (Lipinski definition) is 4. The Hall–Kier alpha value is -2.14. The van der Waals surface area contributed by atoms with Crippen molar-refractivity contribution in [1.29, 1.82) is 0 Å². The number of anilines is 1. The number of aryl methyl sites for hydroxylation is 1. The van der Waals surface area contributed by atoms with E-state index < -0.39 is 0 Å². The van der Waals surface area contributed by atoms with Gasteiger partial charge in [0.25, 0.3) is 0 Å². The molecule has 0 aliphatic carbocycles. The van der Waals surface area contributed by atoms with E-state index in [0.29, 0.717) is 16.7 Å². The van der Waals surface area contributed by atoms with Gasteiger partial charge in [-0.3, -0.25) is 0 Å². The lowest BCUT2D eigenvalue weighted by molar-refractivity contribution is 0.872. The maximum absolute atomic E-state index is 6.35. The highest BCUT2D eigenvalue weighted by Crippen LogP contribution is 2.26. The van der Waals surface area contributed by atoms with Gasteiger partial charge in [0.1, 0.15) is 5.15 Å². The van der Waals surface area contributed by atoms with Crippen molar-refractivity contribution in [3.8, 4) is 5.69 Å². The Labute approximate surface area is 133 Å². The standard InChI is InChI=1S/C16H16ClN5/c1-11-6-2-3-7-13(11)22-10-12-14(17)18-16(19-15(12)20-22)21-8-4-5-9-21/h2-3,6-7,10H,4-5,8-9H2,1H3. The van der Waals surface area contributed by atoms with E-state index in [1.54, 1.807) is 0 Å². The molecule has 1 aliphatic heterocycles. The van der Waals surface area contributed by atoms with Crippen molar-refractivity contribution in [2.75, 3.05) is 18.0 Å². The predicted octanol–water partition coefficient (Wildman–Crippen LogP) is 3.38. The zero-order valence-corrected chi connectivity index (χ0v) is 13.1. The summed E-state index contributed by atoms with van der Waals surface area (Å²) in [6, 6.07) is 8.10. The molecule has 1 saturated heterocycles. The Morgan fingerprint density at radius 1 is 1.09 bits per heavy atom. The van der Waals surface area contributed by atoms with Gasteiger partial charge in [0.2, 0.25) is 5.95 Å². The zero-order chi connectivity index (χ0) is 15.1. The second-order valence-corrected chi connectivity index (χ2v) is 5.96. The normalized spacial score (nSPS) is 14.9. The van der Waals surface area contributed by atoms with Crippen LogP contribution >= 0.6 is 11.6 Å². The molecule has 0 amide bonds. The number of benzene rings is 1. The summed E-state index contributed by atoms with van der Waals surface area (Å²) < 4.78 is 1.83. The summed E-state index contributed by atoms with van der Waals surface area (Å²) in [5.74, 6) is 0.685. The van der Waals surface area contributed by atoms with Crippen LogP contribution in [-0.4, -0.2) is 32.8 Å². The molecule has 0 radical (unpaired) electrons. The molecule has 6 heteroatoms. The second-order valence-electron chi connectivity index (χ2n) is 5.61. The summed E-state index contributed by atoms with van der Waals surface area (Å²) in [5.41, 5.74) is 2.82. The van der Waals surface area contributed by atoms with E-state index in [-0.39, 0.29) is 0 Å². The molecule has 1 aliphatic rings. The van der Waals surface area contributed by atoms with Crippen LogP contribution in [0, 0.1) is 6.92 Å². The third kappa shape index (κ3) is 2.22. The minimum absolute atomic E-state index is 0.465. The topological polar surface area (TPSA) is 46.8 Å². The van der Waals surface area contributed by atoms with Crippen molar-refractivity contribution >= 4 is 28.6 Å². The molecule has 0 N–H and O–H groups in total. The zero-order valence-electron chi connectivity index (χ0n) is 12.3. The first-order valence-electron chi connectivity index (χ1n) is 7.46. The van der Waals surface area contributed by atoms with Crippen LogP contribution < -0.4 is 4.90 Å². The first-order valence-corrected chi connectivity index (χ1v) is 7.84. The van der Waals surface area contributed by atoms with E-state index >= 15 is 0 Å². The fourth-order valence-electron chi connectivity index (χ4n) is 2.86. The summed E-state index contributed by atoms with van der Waals surface area (Å²) in [5, 5.41) is 5.84. The number of hydrogen-bond donors (Lipinski definition) is 0. The first-order chi connectivity index (χ1) is 10.7. The van der Waals surface area contributed by atoms with Crippen LogP contribution in [0.3, 0.4) is 0 Å². The molecule has 4 rings (SSSR count). The van der Waals surface area contributed by atoms with Gasteiger partial charge in [-0.1, -0.05) is 29.8 Å². The van der Waals surface area contributed by atoms with Crippen molar-refractivity contribution in [3.63, 3.8) is 0 Å². The SMILES string of the molecule is Cc1ccccc1-n1cc2c(Cl)nc(N3CCCC3)nc2n1. The molecular formula is C16H16ClN5. The highest BCUT2D eigenvalue weighted by atomic mass is 35.5. The lowest BCUT2D eigenvalue weighted by Gasteiger charge is -2.14. The van der Waals surface area contributed by atoms with E-state index in [0.717, 1.165) is 29.7 Å². The number of rotatable bonds is 2. The molecule has 1 aromatic carbocycles. The Kier molecular flexibility index (Phi) is 3.22. The maximum atomic E-state index is 6.35. The molecule has 3 heterocycles. The molecular weight excluding hydrogens is 298 g/mol. The van der Waals surface area contributed by atoms with Gasteiger partial charge in [-0.2, -0.15) is 4.98 Å². The molecule has 0 unspecified atom stereocenters. The second kappa shape index (κ2) is 5.25. The van der Waals surface area contributed by atoms with Gasteiger partial charge >= 0.3 is 0 Å². The number of halogens is 1. The average molecular weight is 314 g/mol. The molecule has 0 bridgehead atoms. The lowest BCUT2D eigenvalue weighted by atomic mass is 10.2. The monoisotopic (exact) mass is 313 g/mol. The maximum Gasteiger partial charge on any atom is 0.228 e. The van der Waals surface area contributed by atoms with Gasteiger partial charge in [-0.15, -0.1) is 5.10 Å². The van der Waals surface area contributed by atoms with Gasteiger partial charge in [0, 0.05) is 19.3 Å². The van der Waals surface area contributed by atoms with Crippen LogP contribution in [0.15, 0.2) is 30.5 Å². The predicted molar refractivity (Wildman–Crippen MR) is 87.9 cm³/mol. The Morgan fingerprint density at radius 2 is 1.86 bits per heavy atom. The largest absolute Gasteiger partial charge is 0.341 e. The van der Waals surface area contributed by atoms with Crippen LogP contribution in [0.5, 0.6) is 0 Å². The van der Waals surface area contributed by atoms with E-state index in [4.69, 9.17) is 11.6 Å². The molecule has 22 heavy (non-hydrogen) atoms. The molecule has 112 valence electrons. The van der Waals surface area contributed by atoms with Crippen molar-refractivity contribution in [1.82, 2.24) is 19.7 Å². The summed E-state index contributed by atoms with van der Waals surface area (Å²) >= 11 is 6.35. The Bertz CT molecular complexity index is 836. The van der Waals surface area contributed by atoms with Gasteiger partial charge in [0.05, 0.1) is 11.1 Å². The molecule has 0 atom stereocenters. The number of para-hydroxylation sites is 1. The van der Waals surface area contributed by atoms with Crippen LogP contribution in [0.4, 0.5) is 5.95 Å². The summed E-state index contributed by atoms with van der Waals surface area (Å²) in [7, 11) is 0. The van der Waals surface area contributed by atoms with Gasteiger partial charge in [-0.25, -0.2) is 9.67 Å². The number of fused-ring (bicyclic) bond motifs is 1. The smallest absolute Gasteiger partial charge is 0.228 e. The average Bonchev–Trinajstić information content (AvgIpc) is 3.17. The summed E-state index contributed by atoms with van der Waals surface area (Å²) in [6.45, 7) is 4.03. The van der Waals surface area contributed by atoms with Gasteiger partial charge in [-0.05, 0) is 31.4 Å². The fourth-order valence-corrected chi connectivity index (χ4v) is 3.07. The van der Waals surface area contributed by atoms with E-state index in [1.165, 1.54) is 12.8 Å². The highest BCUT2D eigenvalue weighted by molar-refractivity contribution is 6.34. The van der Waals surface area contributed by atoms with E-state index in [9.17, 15) is 0 Å². The van der Waals surface area contributed by atoms with Crippen LogP contribution in [-0.2, 0) is 0 Å². The molecule has 2 aromatic heterocycles. The molecule has 5 nitrogen and oxygen atoms in total. The first kappa shape index (κ1) is 13.5. The minimum atomic E-state index is 0.465. The third-order valence-corrected chi connectivity index (χ3v) is 4.36. The molecule has 0 saturated carbocycles. The van der Waals surface area contributed by atoms with Crippen LogP contribution in [0.2, 0.25) is 5.15 Å². The van der Waals surface area contributed by atoms with Crippen molar-refractivity contribution in [3.05, 3.63) is 41.2 Å².